The Kier molecular flexibility index (Phi) is 5.65. The fourth-order valence-corrected chi connectivity index (χ4v) is 3.48. The molecule has 1 fully saturated rings. The highest BCUT2D eigenvalue weighted by molar-refractivity contribution is 7.99. The lowest BCUT2D eigenvalue weighted by atomic mass is 10.1. The molecule has 112 valence electrons. The molecule has 1 heterocycles. The van der Waals surface area contributed by atoms with Crippen LogP contribution < -0.4 is 10.2 Å². The van der Waals surface area contributed by atoms with Crippen molar-refractivity contribution in [2.75, 3.05) is 29.5 Å². The Morgan fingerprint density at radius 3 is 2.80 bits per heavy atom. The normalized spacial score (nSPS) is 17.1. The molecule has 2 nitrogen and oxygen atoms in total. The summed E-state index contributed by atoms with van der Waals surface area (Å²) in [6.45, 7) is 9.63. The van der Waals surface area contributed by atoms with E-state index in [-0.39, 0.29) is 5.54 Å². The number of rotatable bonds is 3. The molecule has 0 aliphatic carbocycles. The van der Waals surface area contributed by atoms with Crippen LogP contribution in [0.15, 0.2) is 18.2 Å². The van der Waals surface area contributed by atoms with Crippen molar-refractivity contribution >= 4 is 29.1 Å². The van der Waals surface area contributed by atoms with E-state index in [2.05, 4.69) is 54.9 Å². The maximum absolute atomic E-state index is 6.45. The molecule has 0 spiro atoms. The number of benzene rings is 1. The van der Waals surface area contributed by atoms with Crippen molar-refractivity contribution < 1.29 is 0 Å². The van der Waals surface area contributed by atoms with E-state index in [1.54, 1.807) is 0 Å². The molecule has 1 saturated heterocycles. The lowest BCUT2D eigenvalue weighted by Crippen LogP contribution is -2.36. The smallest absolute Gasteiger partial charge is 0.0471 e. The first kappa shape index (κ1) is 16.0. The highest BCUT2D eigenvalue weighted by Gasteiger charge is 2.17. The number of hydrogen-bond acceptors (Lipinski definition) is 3. The minimum absolute atomic E-state index is 0.102. The Morgan fingerprint density at radius 2 is 2.05 bits per heavy atom. The number of anilines is 1. The van der Waals surface area contributed by atoms with Crippen LogP contribution in [0.1, 0.15) is 32.8 Å². The Hall–Kier alpha value is -0.380. The van der Waals surface area contributed by atoms with Gasteiger partial charge >= 0.3 is 0 Å². The Morgan fingerprint density at radius 1 is 1.25 bits per heavy atom. The number of nitrogens with zero attached hydrogens (tertiary/aromatic N) is 1. The van der Waals surface area contributed by atoms with Crippen molar-refractivity contribution in [3.63, 3.8) is 0 Å². The molecule has 1 N–H and O–H groups in total. The van der Waals surface area contributed by atoms with E-state index in [9.17, 15) is 0 Å². The van der Waals surface area contributed by atoms with E-state index in [0.717, 1.165) is 24.7 Å². The summed E-state index contributed by atoms with van der Waals surface area (Å²) in [4.78, 5) is 2.49. The molecule has 1 aromatic carbocycles. The zero-order valence-corrected chi connectivity index (χ0v) is 14.3. The van der Waals surface area contributed by atoms with Gasteiger partial charge in [0.15, 0.2) is 0 Å². The summed E-state index contributed by atoms with van der Waals surface area (Å²) >= 11 is 8.50. The molecule has 0 amide bonds. The molecule has 0 bridgehead atoms. The summed E-state index contributed by atoms with van der Waals surface area (Å²) in [5.74, 6) is 2.48. The Balaban J connectivity index is 2.20. The number of halogens is 1. The van der Waals surface area contributed by atoms with Crippen molar-refractivity contribution in [1.29, 1.82) is 0 Å². The van der Waals surface area contributed by atoms with Crippen LogP contribution in [0, 0.1) is 0 Å². The van der Waals surface area contributed by atoms with Crippen molar-refractivity contribution in [2.24, 2.45) is 0 Å². The van der Waals surface area contributed by atoms with Gasteiger partial charge in [0, 0.05) is 47.2 Å². The van der Waals surface area contributed by atoms with Gasteiger partial charge in [-0.15, -0.1) is 0 Å². The number of nitrogens with one attached hydrogen (secondary N) is 1. The maximum Gasteiger partial charge on any atom is 0.0471 e. The first-order chi connectivity index (χ1) is 9.47. The minimum atomic E-state index is 0.102. The van der Waals surface area contributed by atoms with Gasteiger partial charge in [0.25, 0.3) is 0 Å². The Bertz CT molecular complexity index is 435. The van der Waals surface area contributed by atoms with Gasteiger partial charge in [0.05, 0.1) is 0 Å². The molecule has 4 heteroatoms. The zero-order valence-electron chi connectivity index (χ0n) is 12.7. The highest BCUT2D eigenvalue weighted by atomic mass is 35.5. The van der Waals surface area contributed by atoms with Crippen LogP contribution in [-0.4, -0.2) is 30.1 Å². The molecular weight excluding hydrogens is 288 g/mol. The molecule has 0 atom stereocenters. The van der Waals surface area contributed by atoms with Gasteiger partial charge in [-0.25, -0.2) is 0 Å². The van der Waals surface area contributed by atoms with Gasteiger partial charge in [-0.1, -0.05) is 17.7 Å². The van der Waals surface area contributed by atoms with Gasteiger partial charge in [0.1, 0.15) is 0 Å². The molecule has 0 aromatic heterocycles. The zero-order chi connectivity index (χ0) is 14.6. The molecular formula is C16H25ClN2S. The standard InChI is InChI=1S/C16H25ClN2S/c1-16(2,3)18-12-13-14(17)6-4-7-15(13)19-8-5-10-20-11-9-19/h4,6-7,18H,5,8-12H2,1-3H3. The molecule has 1 aliphatic heterocycles. The van der Waals surface area contributed by atoms with E-state index >= 15 is 0 Å². The van der Waals surface area contributed by atoms with E-state index in [1.807, 2.05) is 6.07 Å². The summed E-state index contributed by atoms with van der Waals surface area (Å²) in [6.07, 6.45) is 1.25. The van der Waals surface area contributed by atoms with Crippen LogP contribution in [0.25, 0.3) is 0 Å². The third kappa shape index (κ3) is 4.57. The van der Waals surface area contributed by atoms with Gasteiger partial charge in [-0.05, 0) is 45.1 Å². The van der Waals surface area contributed by atoms with Gasteiger partial charge in [-0.3, -0.25) is 0 Å². The number of thioether (sulfide) groups is 1. The first-order valence-electron chi connectivity index (χ1n) is 7.32. The van der Waals surface area contributed by atoms with Crippen LogP contribution >= 0.6 is 23.4 Å². The fourth-order valence-electron chi connectivity index (χ4n) is 2.36. The van der Waals surface area contributed by atoms with Crippen LogP contribution in [0.4, 0.5) is 5.69 Å². The second-order valence-electron chi connectivity index (χ2n) is 6.29. The predicted octanol–water partition coefficient (Wildman–Crippen LogP) is 4.17. The van der Waals surface area contributed by atoms with Crippen LogP contribution in [-0.2, 0) is 6.54 Å². The van der Waals surface area contributed by atoms with Crippen molar-refractivity contribution in [3.05, 3.63) is 28.8 Å². The monoisotopic (exact) mass is 312 g/mol. The second kappa shape index (κ2) is 7.06. The summed E-state index contributed by atoms with van der Waals surface area (Å²) < 4.78 is 0. The third-order valence-electron chi connectivity index (χ3n) is 3.45. The molecule has 1 aliphatic rings. The van der Waals surface area contributed by atoms with E-state index in [4.69, 9.17) is 11.6 Å². The van der Waals surface area contributed by atoms with Gasteiger partial charge < -0.3 is 10.2 Å². The van der Waals surface area contributed by atoms with Gasteiger partial charge in [-0.2, -0.15) is 11.8 Å². The molecule has 0 unspecified atom stereocenters. The molecule has 1 aromatic rings. The average Bonchev–Trinajstić information content (AvgIpc) is 2.64. The van der Waals surface area contributed by atoms with Crippen molar-refractivity contribution in [3.8, 4) is 0 Å². The van der Waals surface area contributed by atoms with Crippen LogP contribution in [0.3, 0.4) is 0 Å². The topological polar surface area (TPSA) is 15.3 Å². The maximum atomic E-state index is 6.45. The number of hydrogen-bond donors (Lipinski definition) is 1. The average molecular weight is 313 g/mol. The van der Waals surface area contributed by atoms with E-state index in [1.165, 1.54) is 29.2 Å². The lowest BCUT2D eigenvalue weighted by molar-refractivity contribution is 0.424. The highest BCUT2D eigenvalue weighted by Crippen LogP contribution is 2.29. The molecule has 0 saturated carbocycles. The molecule has 2 rings (SSSR count). The van der Waals surface area contributed by atoms with E-state index in [0.29, 0.717) is 0 Å². The quantitative estimate of drug-likeness (QED) is 0.901. The minimum Gasteiger partial charge on any atom is -0.370 e. The third-order valence-corrected chi connectivity index (χ3v) is 4.86. The fraction of sp³-hybridized carbons (Fsp3) is 0.625. The first-order valence-corrected chi connectivity index (χ1v) is 8.86. The van der Waals surface area contributed by atoms with E-state index < -0.39 is 0 Å². The second-order valence-corrected chi connectivity index (χ2v) is 7.93. The largest absolute Gasteiger partial charge is 0.370 e. The van der Waals surface area contributed by atoms with Gasteiger partial charge in [0.2, 0.25) is 0 Å². The lowest BCUT2D eigenvalue weighted by Gasteiger charge is -2.28. The molecule has 0 radical (unpaired) electrons. The SMILES string of the molecule is CC(C)(C)NCc1c(Cl)cccc1N1CCCSCC1. The predicted molar refractivity (Wildman–Crippen MR) is 92.2 cm³/mol. The summed E-state index contributed by atoms with van der Waals surface area (Å²) in [7, 11) is 0. The van der Waals surface area contributed by atoms with Crippen LogP contribution in [0.5, 0.6) is 0 Å². The van der Waals surface area contributed by atoms with Crippen molar-refractivity contribution in [1.82, 2.24) is 5.32 Å². The van der Waals surface area contributed by atoms with Crippen molar-refractivity contribution in [2.45, 2.75) is 39.3 Å². The summed E-state index contributed by atoms with van der Waals surface area (Å²) in [6, 6.07) is 6.27. The van der Waals surface area contributed by atoms with Crippen LogP contribution in [0.2, 0.25) is 5.02 Å². The summed E-state index contributed by atoms with van der Waals surface area (Å²) in [5.41, 5.74) is 2.64. The molecule has 20 heavy (non-hydrogen) atoms. The Labute approximate surface area is 132 Å². The summed E-state index contributed by atoms with van der Waals surface area (Å²) in [5, 5.41) is 4.43.